The first-order valence-electron chi connectivity index (χ1n) is 4.06. The van der Waals surface area contributed by atoms with Crippen molar-refractivity contribution >= 4 is 5.78 Å². The summed E-state index contributed by atoms with van der Waals surface area (Å²) in [5.74, 6) is 0.149. The van der Waals surface area contributed by atoms with E-state index < -0.39 is 0 Å². The normalized spacial score (nSPS) is 10.4. The van der Waals surface area contributed by atoms with Crippen LogP contribution in [0.5, 0.6) is 0 Å². The molecule has 0 amide bonds. The predicted molar refractivity (Wildman–Crippen MR) is 47.6 cm³/mol. The zero-order valence-electron chi connectivity index (χ0n) is 7.88. The van der Waals surface area contributed by atoms with E-state index in [0.29, 0.717) is 11.4 Å². The maximum atomic E-state index is 11.8. The smallest absolute Gasteiger partial charge is 0.233 e. The topological polar surface area (TPSA) is 65.6 Å². The van der Waals surface area contributed by atoms with Gasteiger partial charge >= 0.3 is 0 Å². The van der Waals surface area contributed by atoms with Crippen molar-refractivity contribution in [3.63, 3.8) is 0 Å². The van der Waals surface area contributed by atoms with E-state index in [-0.39, 0.29) is 5.78 Å². The number of carbonyl (C=O) groups is 1. The molecule has 0 atom stereocenters. The molecule has 0 fully saturated rings. The molecule has 2 aromatic rings. The number of aryl methyl sites for hydroxylation is 2. The zero-order chi connectivity index (χ0) is 10.1. The lowest BCUT2D eigenvalue weighted by molar-refractivity contribution is 0.102. The van der Waals surface area contributed by atoms with Crippen LogP contribution in [0, 0.1) is 0 Å². The predicted octanol–water partition coefficient (Wildman–Crippen LogP) is -0.220. The first-order valence-corrected chi connectivity index (χ1v) is 4.06. The SMILES string of the molecule is Cn1cc(C(=O)c2ncnn2C)cn1. The number of ketones is 1. The van der Waals surface area contributed by atoms with Crippen molar-refractivity contribution in [2.75, 3.05) is 0 Å². The van der Waals surface area contributed by atoms with Gasteiger partial charge in [0.25, 0.3) is 0 Å². The average Bonchev–Trinajstić information content (AvgIpc) is 2.73. The molecular formula is C8H9N5O. The molecule has 6 heteroatoms. The second-order valence-electron chi connectivity index (χ2n) is 2.94. The lowest BCUT2D eigenvalue weighted by Crippen LogP contribution is -2.09. The Labute approximate surface area is 80.2 Å². The van der Waals surface area contributed by atoms with Gasteiger partial charge in [0.05, 0.1) is 11.8 Å². The number of rotatable bonds is 2. The molecule has 2 aromatic heterocycles. The van der Waals surface area contributed by atoms with Crippen molar-refractivity contribution in [2.45, 2.75) is 0 Å². The third kappa shape index (κ3) is 1.30. The lowest BCUT2D eigenvalue weighted by atomic mass is 10.2. The van der Waals surface area contributed by atoms with E-state index in [4.69, 9.17) is 0 Å². The fraction of sp³-hybridized carbons (Fsp3) is 0.250. The number of aromatic nitrogens is 5. The van der Waals surface area contributed by atoms with Crippen LogP contribution in [-0.4, -0.2) is 30.3 Å². The Morgan fingerprint density at radius 1 is 1.36 bits per heavy atom. The molecule has 0 radical (unpaired) electrons. The highest BCUT2D eigenvalue weighted by molar-refractivity contribution is 6.06. The summed E-state index contributed by atoms with van der Waals surface area (Å²) in [6, 6.07) is 0. The summed E-state index contributed by atoms with van der Waals surface area (Å²) in [5, 5.41) is 7.74. The van der Waals surface area contributed by atoms with Gasteiger partial charge in [-0.15, -0.1) is 0 Å². The summed E-state index contributed by atoms with van der Waals surface area (Å²) < 4.78 is 3.01. The summed E-state index contributed by atoms with van der Waals surface area (Å²) in [5.41, 5.74) is 0.517. The molecule has 0 saturated carbocycles. The fourth-order valence-corrected chi connectivity index (χ4v) is 1.17. The molecule has 0 aliphatic carbocycles. The molecule has 0 unspecified atom stereocenters. The van der Waals surface area contributed by atoms with Crippen LogP contribution in [0.25, 0.3) is 0 Å². The Hall–Kier alpha value is -1.98. The Morgan fingerprint density at radius 2 is 2.14 bits per heavy atom. The molecule has 0 aliphatic rings. The van der Waals surface area contributed by atoms with Gasteiger partial charge in [-0.25, -0.2) is 9.67 Å². The summed E-state index contributed by atoms with van der Waals surface area (Å²) in [7, 11) is 3.43. The minimum absolute atomic E-state index is 0.168. The van der Waals surface area contributed by atoms with Crippen LogP contribution in [0.1, 0.15) is 16.2 Å². The van der Waals surface area contributed by atoms with Gasteiger partial charge in [-0.05, 0) is 0 Å². The summed E-state index contributed by atoms with van der Waals surface area (Å²) in [6.45, 7) is 0. The Kier molecular flexibility index (Phi) is 1.88. The van der Waals surface area contributed by atoms with Crippen molar-refractivity contribution < 1.29 is 4.79 Å². The quantitative estimate of drug-likeness (QED) is 0.615. The standard InChI is InChI=1S/C8H9N5O/c1-12-4-6(3-10-12)7(14)8-9-5-11-13(8)2/h3-5H,1-2H3. The maximum absolute atomic E-state index is 11.8. The number of nitrogens with zero attached hydrogens (tertiary/aromatic N) is 5. The third-order valence-electron chi connectivity index (χ3n) is 1.88. The first-order chi connectivity index (χ1) is 6.68. The van der Waals surface area contributed by atoms with Crippen LogP contribution in [-0.2, 0) is 14.1 Å². The average molecular weight is 191 g/mol. The van der Waals surface area contributed by atoms with Crippen molar-refractivity contribution in [1.29, 1.82) is 0 Å². The van der Waals surface area contributed by atoms with Gasteiger partial charge < -0.3 is 0 Å². The van der Waals surface area contributed by atoms with Gasteiger partial charge in [-0.1, -0.05) is 0 Å². The molecule has 14 heavy (non-hydrogen) atoms. The number of hydrogen-bond donors (Lipinski definition) is 0. The van der Waals surface area contributed by atoms with E-state index in [1.54, 1.807) is 25.0 Å². The van der Waals surface area contributed by atoms with Crippen LogP contribution in [0.4, 0.5) is 0 Å². The molecule has 0 saturated heterocycles. The van der Waals surface area contributed by atoms with Crippen LogP contribution in [0.15, 0.2) is 18.7 Å². The summed E-state index contributed by atoms with van der Waals surface area (Å²) in [4.78, 5) is 15.6. The van der Waals surface area contributed by atoms with Gasteiger partial charge in [-0.3, -0.25) is 9.48 Å². The highest BCUT2D eigenvalue weighted by Crippen LogP contribution is 2.04. The van der Waals surface area contributed by atoms with Crippen LogP contribution < -0.4 is 0 Å². The van der Waals surface area contributed by atoms with Crippen molar-refractivity contribution in [3.8, 4) is 0 Å². The Balaban J connectivity index is 2.38. The zero-order valence-corrected chi connectivity index (χ0v) is 7.88. The van der Waals surface area contributed by atoms with E-state index in [1.807, 2.05) is 0 Å². The van der Waals surface area contributed by atoms with Crippen molar-refractivity contribution in [1.82, 2.24) is 24.5 Å². The number of carbonyl (C=O) groups excluding carboxylic acids is 1. The van der Waals surface area contributed by atoms with Gasteiger partial charge in [0.1, 0.15) is 6.33 Å². The third-order valence-corrected chi connectivity index (χ3v) is 1.88. The largest absolute Gasteiger partial charge is 0.285 e. The second-order valence-corrected chi connectivity index (χ2v) is 2.94. The van der Waals surface area contributed by atoms with Gasteiger partial charge in [0, 0.05) is 20.3 Å². The van der Waals surface area contributed by atoms with Crippen LogP contribution in [0.2, 0.25) is 0 Å². The molecule has 0 aromatic carbocycles. The van der Waals surface area contributed by atoms with Gasteiger partial charge in [0.2, 0.25) is 5.78 Å². The minimum atomic E-state index is -0.168. The van der Waals surface area contributed by atoms with E-state index >= 15 is 0 Å². The van der Waals surface area contributed by atoms with Crippen molar-refractivity contribution in [2.24, 2.45) is 14.1 Å². The van der Waals surface area contributed by atoms with Gasteiger partial charge in [0.15, 0.2) is 5.82 Å². The van der Waals surface area contributed by atoms with E-state index in [2.05, 4.69) is 15.2 Å². The molecular weight excluding hydrogens is 182 g/mol. The fourth-order valence-electron chi connectivity index (χ4n) is 1.17. The molecule has 2 heterocycles. The summed E-state index contributed by atoms with van der Waals surface area (Å²) in [6.07, 6.45) is 4.51. The van der Waals surface area contributed by atoms with Gasteiger partial charge in [-0.2, -0.15) is 10.2 Å². The summed E-state index contributed by atoms with van der Waals surface area (Å²) >= 11 is 0. The monoisotopic (exact) mass is 191 g/mol. The maximum Gasteiger partial charge on any atom is 0.233 e. The highest BCUT2D eigenvalue weighted by Gasteiger charge is 2.15. The molecule has 72 valence electrons. The molecule has 0 aliphatic heterocycles. The second kappa shape index (κ2) is 3.06. The number of hydrogen-bond acceptors (Lipinski definition) is 4. The molecule has 2 rings (SSSR count). The minimum Gasteiger partial charge on any atom is -0.285 e. The van der Waals surface area contributed by atoms with E-state index in [0.717, 1.165) is 0 Å². The van der Waals surface area contributed by atoms with Crippen LogP contribution in [0.3, 0.4) is 0 Å². The molecule has 6 nitrogen and oxygen atoms in total. The Morgan fingerprint density at radius 3 is 2.64 bits per heavy atom. The van der Waals surface area contributed by atoms with E-state index in [1.165, 1.54) is 17.2 Å². The molecule has 0 N–H and O–H groups in total. The molecule has 0 spiro atoms. The molecule has 0 bridgehead atoms. The lowest BCUT2D eigenvalue weighted by Gasteiger charge is -1.95. The first kappa shape index (κ1) is 8.61. The van der Waals surface area contributed by atoms with Crippen molar-refractivity contribution in [3.05, 3.63) is 30.1 Å². The van der Waals surface area contributed by atoms with Crippen LogP contribution >= 0.6 is 0 Å². The highest BCUT2D eigenvalue weighted by atomic mass is 16.1. The van der Waals surface area contributed by atoms with E-state index in [9.17, 15) is 4.79 Å². The Bertz CT molecular complexity index is 470.